The van der Waals surface area contributed by atoms with E-state index in [2.05, 4.69) is 38.0 Å². The first kappa shape index (κ1) is 12.1. The van der Waals surface area contributed by atoms with E-state index in [1.54, 1.807) is 18.2 Å². The highest BCUT2D eigenvalue weighted by atomic mass is 16.4. The largest absolute Gasteiger partial charge is 0.478 e. The second kappa shape index (κ2) is 3.35. The highest BCUT2D eigenvalue weighted by molar-refractivity contribution is 5.92. The molecule has 1 aliphatic carbocycles. The molecular formula is C14H17N3O2. The van der Waals surface area contributed by atoms with E-state index in [9.17, 15) is 4.79 Å². The van der Waals surface area contributed by atoms with E-state index in [1.807, 2.05) is 4.68 Å². The fourth-order valence-corrected chi connectivity index (χ4v) is 3.03. The van der Waals surface area contributed by atoms with Gasteiger partial charge >= 0.3 is 5.97 Å². The van der Waals surface area contributed by atoms with Crippen molar-refractivity contribution in [1.29, 1.82) is 0 Å². The highest BCUT2D eigenvalue weighted by Gasteiger charge is 2.67. The Balaban J connectivity index is 2.16. The van der Waals surface area contributed by atoms with Crippen LogP contribution in [0.25, 0.3) is 11.0 Å². The standard InChI is InChI=1S/C14H17N3O2/c1-13(2)12(14(13,3)4)17-10-7-8(11(18)19)5-6-9(10)15-16-17/h5-7,12H,1-4H3,(H,18,19). The molecule has 0 unspecified atom stereocenters. The topological polar surface area (TPSA) is 68.0 Å². The summed E-state index contributed by atoms with van der Waals surface area (Å²) >= 11 is 0. The lowest BCUT2D eigenvalue weighted by atomic mass is 10.0. The minimum Gasteiger partial charge on any atom is -0.478 e. The molecule has 1 N–H and O–H groups in total. The van der Waals surface area contributed by atoms with E-state index in [-0.39, 0.29) is 22.4 Å². The molecule has 1 saturated carbocycles. The van der Waals surface area contributed by atoms with Gasteiger partial charge < -0.3 is 5.11 Å². The number of carboxylic acid groups (broad SMARTS) is 1. The zero-order chi connectivity index (χ0) is 14.0. The average Bonchev–Trinajstić information content (AvgIpc) is 2.64. The van der Waals surface area contributed by atoms with Crippen molar-refractivity contribution in [2.45, 2.75) is 33.7 Å². The van der Waals surface area contributed by atoms with Crippen LogP contribution in [0.5, 0.6) is 0 Å². The minimum atomic E-state index is -0.927. The summed E-state index contributed by atoms with van der Waals surface area (Å²) in [5.41, 5.74) is 2.07. The first-order valence-corrected chi connectivity index (χ1v) is 6.35. The monoisotopic (exact) mass is 259 g/mol. The van der Waals surface area contributed by atoms with Gasteiger partial charge in [0.25, 0.3) is 0 Å². The number of aromatic nitrogens is 3. The summed E-state index contributed by atoms with van der Waals surface area (Å²) in [6.07, 6.45) is 0. The Hall–Kier alpha value is -1.91. The van der Waals surface area contributed by atoms with Crippen LogP contribution in [0.2, 0.25) is 0 Å². The minimum absolute atomic E-state index is 0.132. The van der Waals surface area contributed by atoms with Crippen molar-refractivity contribution < 1.29 is 9.90 Å². The molecular weight excluding hydrogens is 242 g/mol. The lowest BCUT2D eigenvalue weighted by molar-refractivity contribution is 0.0697. The van der Waals surface area contributed by atoms with Crippen LogP contribution in [0.3, 0.4) is 0 Å². The van der Waals surface area contributed by atoms with Crippen LogP contribution in [-0.4, -0.2) is 26.1 Å². The molecule has 1 heterocycles. The van der Waals surface area contributed by atoms with Gasteiger partial charge in [0, 0.05) is 0 Å². The second-order valence-electron chi connectivity index (χ2n) is 6.39. The molecule has 5 heteroatoms. The Labute approximate surface area is 111 Å². The van der Waals surface area contributed by atoms with Gasteiger partial charge in [-0.25, -0.2) is 9.48 Å². The third kappa shape index (κ3) is 1.44. The molecule has 0 bridgehead atoms. The Morgan fingerprint density at radius 3 is 2.42 bits per heavy atom. The van der Waals surface area contributed by atoms with Crippen LogP contribution >= 0.6 is 0 Å². The van der Waals surface area contributed by atoms with Crippen LogP contribution in [0.4, 0.5) is 0 Å². The van der Waals surface area contributed by atoms with Gasteiger partial charge in [0.05, 0.1) is 17.1 Å². The van der Waals surface area contributed by atoms with Crippen molar-refractivity contribution in [1.82, 2.24) is 15.0 Å². The summed E-state index contributed by atoms with van der Waals surface area (Å²) in [6, 6.07) is 5.17. The molecule has 1 fully saturated rings. The Kier molecular flexibility index (Phi) is 2.14. The van der Waals surface area contributed by atoms with E-state index >= 15 is 0 Å². The summed E-state index contributed by atoms with van der Waals surface area (Å²) in [4.78, 5) is 11.1. The van der Waals surface area contributed by atoms with E-state index in [4.69, 9.17) is 5.11 Å². The van der Waals surface area contributed by atoms with E-state index in [0.29, 0.717) is 0 Å². The Bertz CT molecular complexity index is 671. The smallest absolute Gasteiger partial charge is 0.335 e. The maximum atomic E-state index is 11.1. The van der Waals surface area contributed by atoms with Crippen LogP contribution in [0, 0.1) is 10.8 Å². The zero-order valence-corrected chi connectivity index (χ0v) is 11.5. The van der Waals surface area contributed by atoms with Crippen molar-refractivity contribution in [2.24, 2.45) is 10.8 Å². The van der Waals surface area contributed by atoms with E-state index in [1.165, 1.54) is 0 Å². The summed E-state index contributed by atoms with van der Waals surface area (Å²) in [7, 11) is 0. The number of fused-ring (bicyclic) bond motifs is 1. The van der Waals surface area contributed by atoms with Gasteiger partial charge in [-0.15, -0.1) is 5.10 Å². The fourth-order valence-electron chi connectivity index (χ4n) is 3.03. The van der Waals surface area contributed by atoms with Gasteiger partial charge in [0.2, 0.25) is 0 Å². The number of hydrogen-bond donors (Lipinski definition) is 1. The Morgan fingerprint density at radius 1 is 1.26 bits per heavy atom. The number of carboxylic acids is 1. The highest BCUT2D eigenvalue weighted by Crippen LogP contribution is 2.71. The first-order chi connectivity index (χ1) is 8.76. The molecule has 100 valence electrons. The van der Waals surface area contributed by atoms with Crippen LogP contribution < -0.4 is 0 Å². The average molecular weight is 259 g/mol. The lowest BCUT2D eigenvalue weighted by Crippen LogP contribution is -2.04. The number of carbonyl (C=O) groups is 1. The van der Waals surface area contributed by atoms with Crippen molar-refractivity contribution >= 4 is 17.0 Å². The number of rotatable bonds is 2. The molecule has 1 aromatic heterocycles. The molecule has 3 rings (SSSR count). The normalized spacial score (nSPS) is 20.6. The molecule has 2 aromatic rings. The maximum absolute atomic E-state index is 11.1. The molecule has 5 nitrogen and oxygen atoms in total. The molecule has 0 spiro atoms. The predicted molar refractivity (Wildman–Crippen MR) is 71.1 cm³/mol. The lowest BCUT2D eigenvalue weighted by Gasteiger charge is -2.04. The predicted octanol–water partition coefficient (Wildman–Crippen LogP) is 2.74. The summed E-state index contributed by atoms with van der Waals surface area (Å²) in [6.45, 7) is 8.80. The summed E-state index contributed by atoms with van der Waals surface area (Å²) in [5.74, 6) is -0.927. The quantitative estimate of drug-likeness (QED) is 0.900. The molecule has 1 aliphatic rings. The van der Waals surface area contributed by atoms with Gasteiger partial charge in [-0.05, 0) is 29.0 Å². The second-order valence-corrected chi connectivity index (χ2v) is 6.39. The molecule has 19 heavy (non-hydrogen) atoms. The van der Waals surface area contributed by atoms with Gasteiger partial charge in [-0.1, -0.05) is 32.9 Å². The van der Waals surface area contributed by atoms with Crippen molar-refractivity contribution in [3.05, 3.63) is 23.8 Å². The number of benzene rings is 1. The van der Waals surface area contributed by atoms with Crippen LogP contribution in [0.1, 0.15) is 44.1 Å². The molecule has 0 radical (unpaired) electrons. The first-order valence-electron chi connectivity index (χ1n) is 6.35. The van der Waals surface area contributed by atoms with Crippen molar-refractivity contribution in [3.8, 4) is 0 Å². The van der Waals surface area contributed by atoms with E-state index in [0.717, 1.165) is 11.0 Å². The van der Waals surface area contributed by atoms with Crippen LogP contribution in [-0.2, 0) is 0 Å². The van der Waals surface area contributed by atoms with Gasteiger partial charge in [-0.3, -0.25) is 0 Å². The summed E-state index contributed by atoms with van der Waals surface area (Å²) in [5, 5.41) is 17.4. The maximum Gasteiger partial charge on any atom is 0.335 e. The molecule has 1 aromatic carbocycles. The summed E-state index contributed by atoms with van der Waals surface area (Å²) < 4.78 is 1.88. The molecule has 0 amide bonds. The third-order valence-electron chi connectivity index (χ3n) is 4.91. The van der Waals surface area contributed by atoms with Crippen LogP contribution in [0.15, 0.2) is 18.2 Å². The van der Waals surface area contributed by atoms with E-state index < -0.39 is 5.97 Å². The van der Waals surface area contributed by atoms with Gasteiger partial charge in [-0.2, -0.15) is 0 Å². The SMILES string of the molecule is CC1(C)C(n2nnc3ccc(C(=O)O)cc32)C1(C)C. The molecule has 0 saturated heterocycles. The number of nitrogens with zero attached hydrogens (tertiary/aromatic N) is 3. The molecule has 0 atom stereocenters. The van der Waals surface area contributed by atoms with Crippen molar-refractivity contribution in [2.75, 3.05) is 0 Å². The van der Waals surface area contributed by atoms with Gasteiger partial charge in [0.15, 0.2) is 0 Å². The number of aromatic carboxylic acids is 1. The third-order valence-corrected chi connectivity index (χ3v) is 4.91. The van der Waals surface area contributed by atoms with Gasteiger partial charge in [0.1, 0.15) is 5.52 Å². The zero-order valence-electron chi connectivity index (χ0n) is 11.5. The van der Waals surface area contributed by atoms with Crippen molar-refractivity contribution in [3.63, 3.8) is 0 Å². The number of hydrogen-bond acceptors (Lipinski definition) is 3. The Morgan fingerprint density at radius 2 is 1.89 bits per heavy atom. The fraction of sp³-hybridized carbons (Fsp3) is 0.500. The molecule has 0 aliphatic heterocycles.